The van der Waals surface area contributed by atoms with Crippen molar-refractivity contribution in [2.75, 3.05) is 6.54 Å². The van der Waals surface area contributed by atoms with Gasteiger partial charge in [0.15, 0.2) is 2.74 Å². The summed E-state index contributed by atoms with van der Waals surface area (Å²) in [6, 6.07) is -1.30. The largest absolute Gasteiger partial charge is 0.511 e. The van der Waals surface area contributed by atoms with Crippen molar-refractivity contribution in [2.45, 2.75) is 142 Å². The second-order valence-corrected chi connectivity index (χ2v) is 21.0. The summed E-state index contributed by atoms with van der Waals surface area (Å²) in [6.07, 6.45) is 15.7. The average Bonchev–Trinajstić information content (AvgIpc) is 3.77. The van der Waals surface area contributed by atoms with Crippen molar-refractivity contribution >= 4 is 88.5 Å². The minimum Gasteiger partial charge on any atom is -0.511 e. The van der Waals surface area contributed by atoms with E-state index in [0.717, 1.165) is 44.9 Å². The van der Waals surface area contributed by atoms with Gasteiger partial charge in [-0.15, -0.1) is 0 Å². The lowest BCUT2D eigenvalue weighted by atomic mass is 10.0. The third kappa shape index (κ3) is 22.0. The molecular weight excluding hydrogens is 723 g/mol. The standard InChI is InChI=1S/C30H51N3O7S6.H2O.H2/c1-22(34)23(32-26(36)17-12-10-8-6-4-2-3-5-7-9-11-13-18-27(37)38)19-20-25(35)31-21-15-14-16-24(28(39)40)33-29-41-43-30(44-42-29)45-46-30;;/h23-24,29,33-34H,1-21H2,(H,31,35)(H,32,36)(H,37,38)(H,39,40);1H2;1H/t23-,24-;;/m0../s1. The van der Waals surface area contributed by atoms with Gasteiger partial charge < -0.3 is 31.4 Å². The van der Waals surface area contributed by atoms with Gasteiger partial charge >= 0.3 is 11.9 Å². The second kappa shape index (κ2) is 26.3. The summed E-state index contributed by atoms with van der Waals surface area (Å²) in [5, 5.41) is 37.0. The molecule has 2 fully saturated rings. The highest BCUT2D eigenvalue weighted by Gasteiger charge is 2.52. The lowest BCUT2D eigenvalue weighted by Gasteiger charge is -2.27. The molecular formula is C30H55N3O8S6. The first-order chi connectivity index (χ1) is 22.1. The zero-order chi connectivity index (χ0) is 33.6. The van der Waals surface area contributed by atoms with Crippen molar-refractivity contribution in [3.05, 3.63) is 12.3 Å². The Balaban J connectivity index is 0.0000110. The van der Waals surface area contributed by atoms with Crippen LogP contribution in [0.4, 0.5) is 0 Å². The summed E-state index contributed by atoms with van der Waals surface area (Å²) in [5.74, 6) is -2.08. The maximum Gasteiger partial charge on any atom is 0.320 e. The third-order valence-electron chi connectivity index (χ3n) is 7.51. The maximum absolute atomic E-state index is 12.4. The number of aliphatic hydroxyl groups is 1. The van der Waals surface area contributed by atoms with Gasteiger partial charge in [0, 0.05) is 27.2 Å². The van der Waals surface area contributed by atoms with Gasteiger partial charge in [0.2, 0.25) is 11.8 Å². The highest BCUT2D eigenvalue weighted by molar-refractivity contribution is 9.14. The van der Waals surface area contributed by atoms with Crippen molar-refractivity contribution in [1.29, 1.82) is 0 Å². The molecule has 0 unspecified atom stereocenters. The molecule has 2 aliphatic heterocycles. The van der Waals surface area contributed by atoms with Gasteiger partial charge in [-0.3, -0.25) is 24.5 Å². The van der Waals surface area contributed by atoms with Crippen LogP contribution in [0, 0.1) is 0 Å². The van der Waals surface area contributed by atoms with Gasteiger partial charge in [-0.1, -0.05) is 92.4 Å². The topological polar surface area (TPSA) is 197 Å². The molecule has 2 amide bonds. The Kier molecular flexibility index (Phi) is 24.9. The van der Waals surface area contributed by atoms with Gasteiger partial charge in [0.25, 0.3) is 0 Å². The van der Waals surface area contributed by atoms with Crippen molar-refractivity contribution in [3.63, 3.8) is 0 Å². The van der Waals surface area contributed by atoms with E-state index in [9.17, 15) is 29.4 Å². The molecule has 0 radical (unpaired) electrons. The van der Waals surface area contributed by atoms with Gasteiger partial charge in [0.05, 0.1) is 6.04 Å². The van der Waals surface area contributed by atoms with Gasteiger partial charge in [-0.25, -0.2) is 0 Å². The summed E-state index contributed by atoms with van der Waals surface area (Å²) >= 11 is 0. The van der Waals surface area contributed by atoms with E-state index in [4.69, 9.17) is 5.11 Å². The van der Waals surface area contributed by atoms with Gasteiger partial charge in [0.1, 0.15) is 16.5 Å². The Bertz CT molecular complexity index is 960. The number of aliphatic carboxylic acids is 2. The van der Waals surface area contributed by atoms with Crippen molar-refractivity contribution in [3.8, 4) is 0 Å². The molecule has 0 aromatic rings. The zero-order valence-electron chi connectivity index (χ0n) is 27.0. The minimum absolute atomic E-state index is 0. The van der Waals surface area contributed by atoms with Crippen LogP contribution in [0.15, 0.2) is 12.3 Å². The first-order valence-electron chi connectivity index (χ1n) is 16.3. The summed E-state index contributed by atoms with van der Waals surface area (Å²) in [4.78, 5) is 46.9. The van der Waals surface area contributed by atoms with E-state index in [1.807, 2.05) is 21.6 Å². The molecule has 2 atom stereocenters. The molecule has 8 N–H and O–H groups in total. The number of aliphatic hydroxyl groups excluding tert-OH is 1. The van der Waals surface area contributed by atoms with Crippen molar-refractivity contribution in [2.24, 2.45) is 0 Å². The van der Waals surface area contributed by atoms with Crippen LogP contribution in [0.25, 0.3) is 0 Å². The van der Waals surface area contributed by atoms with Crippen LogP contribution >= 0.6 is 64.8 Å². The molecule has 2 aliphatic rings. The first kappa shape index (κ1) is 44.5. The molecule has 1 spiro atoms. The molecule has 0 aromatic heterocycles. The van der Waals surface area contributed by atoms with E-state index >= 15 is 0 Å². The quantitative estimate of drug-likeness (QED) is 0.0196. The second-order valence-electron chi connectivity index (χ2n) is 11.5. The van der Waals surface area contributed by atoms with Crippen LogP contribution in [0.5, 0.6) is 0 Å². The smallest absolute Gasteiger partial charge is 0.320 e. The Hall–Kier alpha value is -0.560. The molecule has 11 nitrogen and oxygen atoms in total. The molecule has 0 aliphatic carbocycles. The van der Waals surface area contributed by atoms with Crippen LogP contribution in [0.3, 0.4) is 0 Å². The summed E-state index contributed by atoms with van der Waals surface area (Å²) < 4.78 is 0.196. The number of unbranched alkanes of at least 4 members (excludes halogenated alkanes) is 12. The molecule has 17 heteroatoms. The highest BCUT2D eigenvalue weighted by Crippen LogP contribution is 2.83. The Labute approximate surface area is 304 Å². The summed E-state index contributed by atoms with van der Waals surface area (Å²) in [6.45, 7) is 4.00. The van der Waals surface area contributed by atoms with E-state index in [1.54, 1.807) is 43.2 Å². The fraction of sp³-hybridized carbons (Fsp3) is 0.800. The first-order valence-corrected chi connectivity index (χ1v) is 22.9. The molecule has 2 rings (SSSR count). The number of carbonyl (C=O) groups excluding carboxylic acids is 2. The molecule has 47 heavy (non-hydrogen) atoms. The number of hydrogen-bond acceptors (Lipinski definition) is 12. The number of hydrogen-bond donors (Lipinski definition) is 6. The summed E-state index contributed by atoms with van der Waals surface area (Å²) in [7, 11) is 10.6. The molecule has 2 saturated heterocycles. The normalized spacial score (nSPS) is 16.5. The van der Waals surface area contributed by atoms with Crippen LogP contribution in [-0.2, 0) is 19.2 Å². The Morgan fingerprint density at radius 3 is 1.68 bits per heavy atom. The predicted octanol–water partition coefficient (Wildman–Crippen LogP) is 7.69. The van der Waals surface area contributed by atoms with E-state index in [0.29, 0.717) is 32.2 Å². The van der Waals surface area contributed by atoms with Crippen molar-refractivity contribution < 1.29 is 41.4 Å². The third-order valence-corrected chi connectivity index (χ3v) is 20.9. The number of amides is 2. The van der Waals surface area contributed by atoms with Crippen LogP contribution in [0.2, 0.25) is 0 Å². The van der Waals surface area contributed by atoms with E-state index < -0.39 is 24.0 Å². The lowest BCUT2D eigenvalue weighted by Crippen LogP contribution is -2.41. The highest BCUT2D eigenvalue weighted by atomic mass is 33.2. The number of rotatable bonds is 28. The number of carbonyl (C=O) groups is 4. The lowest BCUT2D eigenvalue weighted by molar-refractivity contribution is -0.140. The Morgan fingerprint density at radius 2 is 1.19 bits per heavy atom. The van der Waals surface area contributed by atoms with Crippen LogP contribution < -0.4 is 16.0 Å². The average molecular weight is 778 g/mol. The number of nitrogens with one attached hydrogen (secondary N) is 3. The van der Waals surface area contributed by atoms with E-state index in [-0.39, 0.29) is 51.2 Å². The van der Waals surface area contributed by atoms with Gasteiger partial charge in [-0.05, 0) is 81.7 Å². The van der Waals surface area contributed by atoms with E-state index in [1.165, 1.54) is 32.1 Å². The maximum atomic E-state index is 12.4. The van der Waals surface area contributed by atoms with Crippen LogP contribution in [-0.4, -0.2) is 70.6 Å². The molecule has 0 saturated carbocycles. The number of carboxylic acids is 2. The van der Waals surface area contributed by atoms with Crippen LogP contribution in [0.1, 0.15) is 123 Å². The number of carboxylic acid groups (broad SMARTS) is 2. The zero-order valence-corrected chi connectivity index (χ0v) is 31.9. The predicted molar refractivity (Wildman–Crippen MR) is 204 cm³/mol. The monoisotopic (exact) mass is 777 g/mol. The fourth-order valence-corrected chi connectivity index (χ4v) is 17.8. The SMILES string of the molecule is C=C(O)[C@H](CCC(=O)NCCCC[C@H](NC1SSC2(SS1)SS2)C(=O)O)NC(=O)CCCCCCCCCCCCCCC(=O)O.O.[HH]. The molecule has 2 heterocycles. The molecule has 0 aromatic carbocycles. The van der Waals surface area contributed by atoms with Gasteiger partial charge in [-0.2, -0.15) is 0 Å². The molecule has 274 valence electrons. The Morgan fingerprint density at radius 1 is 0.660 bits per heavy atom. The molecule has 0 bridgehead atoms. The summed E-state index contributed by atoms with van der Waals surface area (Å²) in [5.41, 5.74) is 0. The van der Waals surface area contributed by atoms with Crippen molar-refractivity contribution in [1.82, 2.24) is 16.0 Å². The van der Waals surface area contributed by atoms with E-state index in [2.05, 4.69) is 22.5 Å². The minimum atomic E-state index is -0.866. The fourth-order valence-electron chi connectivity index (χ4n) is 4.81.